The van der Waals surface area contributed by atoms with Gasteiger partial charge in [-0.15, -0.1) is 6.58 Å². The number of benzene rings is 1. The Kier molecular flexibility index (Phi) is 3.96. The minimum Gasteiger partial charge on any atom is -0.478 e. The Morgan fingerprint density at radius 2 is 2.15 bits per heavy atom. The van der Waals surface area contributed by atoms with E-state index in [2.05, 4.69) is 6.58 Å². The molecule has 0 spiro atoms. The number of carboxylic acid groups (broad SMARTS) is 1. The maximum absolute atomic E-state index is 12.7. The molecule has 0 bridgehead atoms. The molecule has 0 saturated heterocycles. The van der Waals surface area contributed by atoms with Crippen LogP contribution in [0.15, 0.2) is 35.7 Å². The molecule has 1 aromatic carbocycles. The van der Waals surface area contributed by atoms with Gasteiger partial charge < -0.3 is 5.11 Å². The molecule has 6 heteroatoms. The maximum atomic E-state index is 12.7. The Bertz CT molecular complexity index is 647. The van der Waals surface area contributed by atoms with Crippen LogP contribution in [0, 0.1) is 6.92 Å². The molecule has 1 N–H and O–H groups in total. The van der Waals surface area contributed by atoms with E-state index in [1.807, 2.05) is 0 Å². The third-order valence-electron chi connectivity index (χ3n) is 3.36. The smallest absolute Gasteiger partial charge is 0.335 e. The Balaban J connectivity index is 2.51. The predicted molar refractivity (Wildman–Crippen MR) is 75.2 cm³/mol. The standard InChI is InChI=1S/C14H17NO4S/c1-3-9-15(11-7-8-11)20(18,19)13-6-4-5-12(10(13)2)14(16)17/h3-6,11H,1,7-9H2,2H3,(H,16,17). The number of hydrogen-bond acceptors (Lipinski definition) is 3. The van der Waals surface area contributed by atoms with Gasteiger partial charge in [0.2, 0.25) is 10.0 Å². The molecule has 1 fully saturated rings. The molecular weight excluding hydrogens is 278 g/mol. The fourth-order valence-electron chi connectivity index (χ4n) is 2.19. The van der Waals surface area contributed by atoms with E-state index in [9.17, 15) is 13.2 Å². The zero-order chi connectivity index (χ0) is 14.9. The van der Waals surface area contributed by atoms with E-state index < -0.39 is 16.0 Å². The van der Waals surface area contributed by atoms with Crippen molar-refractivity contribution in [2.75, 3.05) is 6.54 Å². The van der Waals surface area contributed by atoms with Crippen molar-refractivity contribution in [1.29, 1.82) is 0 Å². The van der Waals surface area contributed by atoms with E-state index in [0.29, 0.717) is 0 Å². The number of rotatable bonds is 6. The minimum atomic E-state index is -3.69. The van der Waals surface area contributed by atoms with Gasteiger partial charge in [-0.05, 0) is 37.5 Å². The number of sulfonamides is 1. The van der Waals surface area contributed by atoms with Gasteiger partial charge >= 0.3 is 5.97 Å². The highest BCUT2D eigenvalue weighted by Crippen LogP contribution is 2.33. The number of hydrogen-bond donors (Lipinski definition) is 1. The van der Waals surface area contributed by atoms with Crippen LogP contribution in [0.5, 0.6) is 0 Å². The molecule has 1 saturated carbocycles. The normalized spacial score (nSPS) is 15.3. The molecule has 0 radical (unpaired) electrons. The molecule has 0 atom stereocenters. The van der Waals surface area contributed by atoms with Crippen molar-refractivity contribution in [3.05, 3.63) is 42.0 Å². The predicted octanol–water partition coefficient (Wildman–Crippen LogP) is 2.03. The number of carboxylic acids is 1. The third kappa shape index (κ3) is 2.62. The lowest BCUT2D eigenvalue weighted by atomic mass is 10.1. The van der Waals surface area contributed by atoms with Crippen LogP contribution >= 0.6 is 0 Å². The van der Waals surface area contributed by atoms with E-state index in [1.54, 1.807) is 6.08 Å². The highest BCUT2D eigenvalue weighted by Gasteiger charge is 2.38. The highest BCUT2D eigenvalue weighted by atomic mass is 32.2. The second kappa shape index (κ2) is 5.38. The molecule has 0 amide bonds. The Hall–Kier alpha value is -1.66. The fourth-order valence-corrected chi connectivity index (χ4v) is 4.09. The van der Waals surface area contributed by atoms with Crippen molar-refractivity contribution in [3.8, 4) is 0 Å². The van der Waals surface area contributed by atoms with Crippen LogP contribution in [-0.4, -0.2) is 36.4 Å². The molecule has 0 heterocycles. The van der Waals surface area contributed by atoms with Gasteiger partial charge in [0.05, 0.1) is 10.5 Å². The maximum Gasteiger partial charge on any atom is 0.335 e. The van der Waals surface area contributed by atoms with E-state index >= 15 is 0 Å². The summed E-state index contributed by atoms with van der Waals surface area (Å²) in [6, 6.07) is 4.33. The first-order valence-corrected chi connectivity index (χ1v) is 7.79. The van der Waals surface area contributed by atoms with Crippen LogP contribution < -0.4 is 0 Å². The van der Waals surface area contributed by atoms with Crippen LogP contribution in [-0.2, 0) is 10.0 Å². The SMILES string of the molecule is C=CCN(C1CC1)S(=O)(=O)c1cccc(C(=O)O)c1C. The molecule has 20 heavy (non-hydrogen) atoms. The van der Waals surface area contributed by atoms with Gasteiger partial charge in [-0.1, -0.05) is 12.1 Å². The average molecular weight is 295 g/mol. The van der Waals surface area contributed by atoms with Crippen molar-refractivity contribution in [2.24, 2.45) is 0 Å². The second-order valence-electron chi connectivity index (χ2n) is 4.83. The Morgan fingerprint density at radius 3 is 2.65 bits per heavy atom. The summed E-state index contributed by atoms with van der Waals surface area (Å²) in [4.78, 5) is 11.2. The third-order valence-corrected chi connectivity index (χ3v) is 5.43. The van der Waals surface area contributed by atoms with Crippen LogP contribution in [0.25, 0.3) is 0 Å². The Morgan fingerprint density at radius 1 is 1.50 bits per heavy atom. The molecule has 1 aliphatic rings. The van der Waals surface area contributed by atoms with Crippen LogP contribution in [0.2, 0.25) is 0 Å². The quantitative estimate of drug-likeness (QED) is 0.815. The van der Waals surface area contributed by atoms with Gasteiger partial charge in [0.15, 0.2) is 0 Å². The second-order valence-corrected chi connectivity index (χ2v) is 6.69. The highest BCUT2D eigenvalue weighted by molar-refractivity contribution is 7.89. The van der Waals surface area contributed by atoms with Gasteiger partial charge in [-0.3, -0.25) is 0 Å². The number of carbonyl (C=O) groups is 1. The van der Waals surface area contributed by atoms with Gasteiger partial charge in [0.25, 0.3) is 0 Å². The summed E-state index contributed by atoms with van der Waals surface area (Å²) in [5, 5.41) is 9.09. The molecule has 5 nitrogen and oxygen atoms in total. The first kappa shape index (κ1) is 14.7. The van der Waals surface area contributed by atoms with Crippen molar-refractivity contribution < 1.29 is 18.3 Å². The van der Waals surface area contributed by atoms with Gasteiger partial charge in [0, 0.05) is 12.6 Å². The van der Waals surface area contributed by atoms with Gasteiger partial charge in [-0.25, -0.2) is 13.2 Å². The monoisotopic (exact) mass is 295 g/mol. The van der Waals surface area contributed by atoms with E-state index in [1.165, 1.54) is 29.4 Å². The van der Waals surface area contributed by atoms with E-state index in [0.717, 1.165) is 12.8 Å². The van der Waals surface area contributed by atoms with E-state index in [-0.39, 0.29) is 28.6 Å². The molecule has 0 aromatic heterocycles. The van der Waals surface area contributed by atoms with Gasteiger partial charge in [-0.2, -0.15) is 4.31 Å². The lowest BCUT2D eigenvalue weighted by molar-refractivity contribution is 0.0696. The first-order chi connectivity index (χ1) is 9.39. The van der Waals surface area contributed by atoms with Crippen molar-refractivity contribution >= 4 is 16.0 Å². The first-order valence-electron chi connectivity index (χ1n) is 6.35. The molecule has 0 aliphatic heterocycles. The average Bonchev–Trinajstić information content (AvgIpc) is 3.19. The zero-order valence-corrected chi connectivity index (χ0v) is 12.1. The lowest BCUT2D eigenvalue weighted by Crippen LogP contribution is -2.33. The van der Waals surface area contributed by atoms with Crippen molar-refractivity contribution in [2.45, 2.75) is 30.7 Å². The topological polar surface area (TPSA) is 74.7 Å². The fraction of sp³-hybridized carbons (Fsp3) is 0.357. The summed E-state index contributed by atoms with van der Waals surface area (Å²) >= 11 is 0. The van der Waals surface area contributed by atoms with Crippen LogP contribution in [0.1, 0.15) is 28.8 Å². The summed E-state index contributed by atoms with van der Waals surface area (Å²) < 4.78 is 26.8. The lowest BCUT2D eigenvalue weighted by Gasteiger charge is -2.21. The molecule has 0 unspecified atom stereocenters. The molecule has 2 rings (SSSR count). The van der Waals surface area contributed by atoms with Crippen molar-refractivity contribution in [3.63, 3.8) is 0 Å². The summed E-state index contributed by atoms with van der Waals surface area (Å²) in [6.07, 6.45) is 3.22. The van der Waals surface area contributed by atoms with Crippen molar-refractivity contribution in [1.82, 2.24) is 4.31 Å². The summed E-state index contributed by atoms with van der Waals surface area (Å²) in [5.41, 5.74) is 0.287. The zero-order valence-electron chi connectivity index (χ0n) is 11.2. The van der Waals surface area contributed by atoms with Gasteiger partial charge in [0.1, 0.15) is 0 Å². The largest absolute Gasteiger partial charge is 0.478 e. The molecule has 108 valence electrons. The van der Waals surface area contributed by atoms with Crippen LogP contribution in [0.3, 0.4) is 0 Å². The molecule has 1 aliphatic carbocycles. The molecular formula is C14H17NO4S. The summed E-state index contributed by atoms with van der Waals surface area (Å²) in [7, 11) is -3.69. The Labute approximate surface area is 118 Å². The number of aromatic carboxylic acids is 1. The summed E-state index contributed by atoms with van der Waals surface area (Å²) in [5.74, 6) is -1.12. The van der Waals surface area contributed by atoms with E-state index in [4.69, 9.17) is 5.11 Å². The van der Waals surface area contributed by atoms with Crippen LogP contribution in [0.4, 0.5) is 0 Å². The summed E-state index contributed by atoms with van der Waals surface area (Å²) in [6.45, 7) is 5.35. The number of nitrogens with zero attached hydrogens (tertiary/aromatic N) is 1. The minimum absolute atomic E-state index is 0.00545. The molecule has 1 aromatic rings.